The fourth-order valence-corrected chi connectivity index (χ4v) is 2.15. The second-order valence-electron chi connectivity index (χ2n) is 3.23. The molecule has 1 aliphatic carbocycles. The van der Waals surface area contributed by atoms with Crippen molar-refractivity contribution in [2.45, 2.75) is 23.0 Å². The summed E-state index contributed by atoms with van der Waals surface area (Å²) in [6, 6.07) is 7.34. The van der Waals surface area contributed by atoms with Gasteiger partial charge < -0.3 is 14.7 Å². The van der Waals surface area contributed by atoms with Gasteiger partial charge in [0.2, 0.25) is 0 Å². The van der Waals surface area contributed by atoms with E-state index in [0.717, 1.165) is 5.25 Å². The van der Waals surface area contributed by atoms with Gasteiger partial charge in [-0.05, 0) is 37.1 Å². The molecule has 14 heavy (non-hydrogen) atoms. The van der Waals surface area contributed by atoms with E-state index in [1.807, 2.05) is 23.9 Å². The third-order valence-electron chi connectivity index (χ3n) is 1.89. The van der Waals surface area contributed by atoms with Gasteiger partial charge in [-0.3, -0.25) is 0 Å². The zero-order chi connectivity index (χ0) is 9.97. The van der Waals surface area contributed by atoms with E-state index in [-0.39, 0.29) is 0 Å². The van der Waals surface area contributed by atoms with Crippen molar-refractivity contribution in [1.29, 1.82) is 0 Å². The van der Waals surface area contributed by atoms with E-state index in [0.29, 0.717) is 5.75 Å². The highest BCUT2D eigenvalue weighted by Gasteiger charge is 2.22. The van der Waals surface area contributed by atoms with Crippen molar-refractivity contribution in [3.8, 4) is 5.75 Å². The van der Waals surface area contributed by atoms with Gasteiger partial charge in [0.1, 0.15) is 5.75 Å². The first-order valence-electron chi connectivity index (χ1n) is 4.53. The Morgan fingerprint density at radius 3 is 2.36 bits per heavy atom. The summed E-state index contributed by atoms with van der Waals surface area (Å²) in [7, 11) is -1.74. The van der Waals surface area contributed by atoms with Crippen molar-refractivity contribution >= 4 is 19.1 Å². The Balaban J connectivity index is 1.94. The topological polar surface area (TPSA) is 49.7 Å². The number of thioether (sulfide) groups is 1. The van der Waals surface area contributed by atoms with E-state index in [9.17, 15) is 0 Å². The molecule has 2 rings (SSSR count). The minimum Gasteiger partial charge on any atom is -0.512 e. The van der Waals surface area contributed by atoms with Gasteiger partial charge in [-0.15, -0.1) is 11.8 Å². The van der Waals surface area contributed by atoms with Crippen LogP contribution in [0.25, 0.3) is 0 Å². The van der Waals surface area contributed by atoms with Crippen molar-refractivity contribution < 1.29 is 14.7 Å². The Hall–Kier alpha value is -0.645. The maximum atomic E-state index is 8.56. The Kier molecular flexibility index (Phi) is 3.00. The van der Waals surface area contributed by atoms with Gasteiger partial charge in [-0.2, -0.15) is 0 Å². The molecule has 0 aromatic heterocycles. The lowest BCUT2D eigenvalue weighted by molar-refractivity contribution is 0.288. The Morgan fingerprint density at radius 2 is 1.86 bits per heavy atom. The maximum Gasteiger partial charge on any atom is 0.707 e. The van der Waals surface area contributed by atoms with E-state index in [1.165, 1.54) is 17.7 Å². The Morgan fingerprint density at radius 1 is 1.21 bits per heavy atom. The monoisotopic (exact) mass is 210 g/mol. The zero-order valence-corrected chi connectivity index (χ0v) is 8.41. The van der Waals surface area contributed by atoms with E-state index < -0.39 is 7.32 Å². The molecule has 1 aliphatic rings. The first kappa shape index (κ1) is 9.89. The number of hydrogen-bond acceptors (Lipinski definition) is 4. The fourth-order valence-electron chi connectivity index (χ4n) is 1.10. The minimum absolute atomic E-state index is 0.472. The third-order valence-corrected chi connectivity index (χ3v) is 3.24. The molecule has 0 amide bonds. The van der Waals surface area contributed by atoms with Gasteiger partial charge in [0.25, 0.3) is 0 Å². The molecule has 0 unspecified atom stereocenters. The third kappa shape index (κ3) is 2.94. The molecule has 1 fully saturated rings. The number of rotatable bonds is 4. The first-order valence-corrected chi connectivity index (χ1v) is 5.41. The Labute approximate surface area is 87.3 Å². The summed E-state index contributed by atoms with van der Waals surface area (Å²) in [6.07, 6.45) is 2.61. The summed E-state index contributed by atoms with van der Waals surface area (Å²) in [5.74, 6) is 0.472. The van der Waals surface area contributed by atoms with Crippen LogP contribution in [0.3, 0.4) is 0 Å². The van der Waals surface area contributed by atoms with Crippen LogP contribution >= 0.6 is 11.8 Å². The van der Waals surface area contributed by atoms with Gasteiger partial charge in [0.05, 0.1) is 0 Å². The quantitative estimate of drug-likeness (QED) is 0.735. The van der Waals surface area contributed by atoms with Gasteiger partial charge >= 0.3 is 7.32 Å². The van der Waals surface area contributed by atoms with Gasteiger partial charge in [0.15, 0.2) is 0 Å². The van der Waals surface area contributed by atoms with Crippen LogP contribution in [0.1, 0.15) is 12.8 Å². The van der Waals surface area contributed by atoms with Gasteiger partial charge in [-0.25, -0.2) is 0 Å². The second kappa shape index (κ2) is 4.25. The number of hydrogen-bond donors (Lipinski definition) is 2. The highest BCUT2D eigenvalue weighted by Crippen LogP contribution is 2.39. The molecular weight excluding hydrogens is 199 g/mol. The van der Waals surface area contributed by atoms with E-state index in [4.69, 9.17) is 14.7 Å². The predicted molar refractivity (Wildman–Crippen MR) is 56.1 cm³/mol. The molecule has 0 bridgehead atoms. The molecule has 0 aliphatic heterocycles. The highest BCUT2D eigenvalue weighted by molar-refractivity contribution is 8.00. The van der Waals surface area contributed by atoms with Crippen molar-refractivity contribution in [1.82, 2.24) is 0 Å². The molecule has 3 nitrogen and oxygen atoms in total. The van der Waals surface area contributed by atoms with Crippen molar-refractivity contribution in [2.24, 2.45) is 0 Å². The van der Waals surface area contributed by atoms with Crippen LogP contribution in [0.5, 0.6) is 5.75 Å². The minimum atomic E-state index is -1.74. The van der Waals surface area contributed by atoms with Crippen LogP contribution in [-0.2, 0) is 0 Å². The summed E-state index contributed by atoms with van der Waals surface area (Å²) in [5, 5.41) is 17.9. The predicted octanol–water partition coefficient (Wildman–Crippen LogP) is 1.29. The van der Waals surface area contributed by atoms with Crippen LogP contribution in [0, 0.1) is 0 Å². The molecule has 1 aromatic carbocycles. The highest BCUT2D eigenvalue weighted by atomic mass is 32.2. The lowest BCUT2D eigenvalue weighted by Crippen LogP contribution is -2.20. The average Bonchev–Trinajstić information content (AvgIpc) is 2.91. The molecule has 1 aromatic rings. The van der Waals surface area contributed by atoms with Crippen LogP contribution in [-0.4, -0.2) is 22.6 Å². The van der Waals surface area contributed by atoms with Crippen molar-refractivity contribution in [2.75, 3.05) is 0 Å². The molecule has 0 saturated heterocycles. The lowest BCUT2D eigenvalue weighted by Gasteiger charge is -2.05. The standard InChI is InChI=1S/C9H11BO3S/c11-10(12)13-7-1-3-8(4-2-7)14-9-5-6-9/h1-4,9,11-12H,5-6H2. The molecule has 0 atom stereocenters. The molecule has 74 valence electrons. The lowest BCUT2D eigenvalue weighted by atomic mass is 10.2. The molecule has 1 saturated carbocycles. The van der Waals surface area contributed by atoms with Crippen molar-refractivity contribution in [3.63, 3.8) is 0 Å². The molecule has 5 heteroatoms. The fraction of sp³-hybridized carbons (Fsp3) is 0.333. The van der Waals surface area contributed by atoms with Crippen molar-refractivity contribution in [3.05, 3.63) is 24.3 Å². The van der Waals surface area contributed by atoms with Gasteiger partial charge in [0, 0.05) is 10.1 Å². The maximum absolute atomic E-state index is 8.56. The van der Waals surface area contributed by atoms with E-state index in [1.54, 1.807) is 12.1 Å². The summed E-state index contributed by atoms with van der Waals surface area (Å²) in [4.78, 5) is 1.20. The normalized spacial score (nSPS) is 15.3. The molecule has 2 N–H and O–H groups in total. The number of benzene rings is 1. The molecular formula is C9H11BO3S. The summed E-state index contributed by atoms with van der Waals surface area (Å²) >= 11 is 1.86. The van der Waals surface area contributed by atoms with Crippen LogP contribution in [0.2, 0.25) is 0 Å². The second-order valence-corrected chi connectivity index (χ2v) is 4.61. The first-order chi connectivity index (χ1) is 6.74. The van der Waals surface area contributed by atoms with Gasteiger partial charge in [-0.1, -0.05) is 0 Å². The van der Waals surface area contributed by atoms with Crippen LogP contribution in [0.4, 0.5) is 0 Å². The summed E-state index contributed by atoms with van der Waals surface area (Å²) < 4.78 is 4.69. The summed E-state index contributed by atoms with van der Waals surface area (Å²) in [6.45, 7) is 0. The van der Waals surface area contributed by atoms with E-state index >= 15 is 0 Å². The largest absolute Gasteiger partial charge is 0.707 e. The molecule has 0 heterocycles. The SMILES string of the molecule is OB(O)Oc1ccc(SC2CC2)cc1. The van der Waals surface area contributed by atoms with E-state index in [2.05, 4.69) is 0 Å². The summed E-state index contributed by atoms with van der Waals surface area (Å²) in [5.41, 5.74) is 0. The smallest absolute Gasteiger partial charge is 0.512 e. The van der Waals surface area contributed by atoms with Crippen LogP contribution < -0.4 is 4.65 Å². The molecule has 0 spiro atoms. The zero-order valence-electron chi connectivity index (χ0n) is 7.59. The Bertz CT molecular complexity index is 274. The van der Waals surface area contributed by atoms with Crippen LogP contribution in [0.15, 0.2) is 29.2 Å². The molecule has 0 radical (unpaired) electrons. The average molecular weight is 210 g/mol.